The molecule has 0 unspecified atom stereocenters. The monoisotopic (exact) mass is 209 g/mol. The van der Waals surface area contributed by atoms with Gasteiger partial charge in [0.15, 0.2) is 0 Å². The molecule has 1 aromatic carbocycles. The van der Waals surface area contributed by atoms with Gasteiger partial charge in [0, 0.05) is 11.3 Å². The molecule has 4 heteroatoms. The number of rotatable bonds is 3. The summed E-state index contributed by atoms with van der Waals surface area (Å²) >= 11 is 0. The predicted molar refractivity (Wildman–Crippen MR) is 57.8 cm³/mol. The minimum absolute atomic E-state index is 0.0844. The van der Waals surface area contributed by atoms with Gasteiger partial charge >= 0.3 is 5.97 Å². The molecule has 0 heterocycles. The third-order valence-corrected chi connectivity index (χ3v) is 2.36. The van der Waals surface area contributed by atoms with Gasteiger partial charge in [0.2, 0.25) is 0 Å². The van der Waals surface area contributed by atoms with Crippen LogP contribution in [0.3, 0.4) is 0 Å². The number of aliphatic hydroxyl groups is 1. The fourth-order valence-corrected chi connectivity index (χ4v) is 1.42. The van der Waals surface area contributed by atoms with Crippen LogP contribution in [0.25, 0.3) is 0 Å². The first kappa shape index (κ1) is 11.5. The maximum atomic E-state index is 10.9. The number of aromatic carboxylic acids is 1. The van der Waals surface area contributed by atoms with Gasteiger partial charge in [-0.25, -0.2) is 4.79 Å². The molecule has 0 atom stereocenters. The fourth-order valence-electron chi connectivity index (χ4n) is 1.42. The average molecular weight is 209 g/mol. The van der Waals surface area contributed by atoms with E-state index in [0.29, 0.717) is 5.69 Å². The highest BCUT2D eigenvalue weighted by Crippen LogP contribution is 2.24. The van der Waals surface area contributed by atoms with Crippen LogP contribution in [0.5, 0.6) is 0 Å². The number of hydrogen-bond donors (Lipinski definition) is 3. The Morgan fingerprint density at radius 1 is 1.47 bits per heavy atom. The first-order valence-electron chi connectivity index (χ1n) is 4.73. The molecule has 0 saturated carbocycles. The summed E-state index contributed by atoms with van der Waals surface area (Å²) in [7, 11) is 0. The zero-order chi connectivity index (χ0) is 11.6. The van der Waals surface area contributed by atoms with E-state index in [4.69, 9.17) is 15.9 Å². The number of carbonyl (C=O) groups is 1. The molecule has 0 saturated heterocycles. The molecule has 0 aromatic heterocycles. The second-order valence-corrected chi connectivity index (χ2v) is 3.75. The molecule has 4 nitrogen and oxygen atoms in total. The normalized spacial score (nSPS) is 10.7. The minimum atomic E-state index is -1.06. The van der Waals surface area contributed by atoms with Crippen molar-refractivity contribution in [1.29, 1.82) is 0 Å². The molecule has 1 aromatic rings. The highest BCUT2D eigenvalue weighted by atomic mass is 16.4. The van der Waals surface area contributed by atoms with Gasteiger partial charge in [-0.2, -0.15) is 0 Å². The lowest BCUT2D eigenvalue weighted by Gasteiger charge is -2.12. The van der Waals surface area contributed by atoms with Gasteiger partial charge in [0.1, 0.15) is 0 Å². The molecule has 0 aliphatic carbocycles. The number of nitrogen functional groups attached to an aromatic ring is 1. The van der Waals surface area contributed by atoms with E-state index >= 15 is 0 Å². The summed E-state index contributed by atoms with van der Waals surface area (Å²) in [5.74, 6) is -0.855. The molecule has 0 radical (unpaired) electrons. The molecular weight excluding hydrogens is 194 g/mol. The Morgan fingerprint density at radius 3 is 2.47 bits per heavy atom. The number of benzene rings is 1. The van der Waals surface area contributed by atoms with E-state index in [1.165, 1.54) is 0 Å². The van der Waals surface area contributed by atoms with Crippen LogP contribution in [-0.2, 0) is 6.61 Å². The van der Waals surface area contributed by atoms with E-state index in [-0.39, 0.29) is 23.7 Å². The predicted octanol–water partition coefficient (Wildman–Crippen LogP) is 1.58. The number of carboxylic acids is 1. The van der Waals surface area contributed by atoms with Crippen molar-refractivity contribution in [3.63, 3.8) is 0 Å². The number of hydrogen-bond acceptors (Lipinski definition) is 3. The first-order valence-corrected chi connectivity index (χ1v) is 4.73. The quantitative estimate of drug-likeness (QED) is 0.660. The Balaban J connectivity index is 3.38. The van der Waals surface area contributed by atoms with Crippen LogP contribution in [-0.4, -0.2) is 16.2 Å². The maximum Gasteiger partial charge on any atom is 0.336 e. The van der Waals surface area contributed by atoms with Crippen molar-refractivity contribution in [1.82, 2.24) is 0 Å². The van der Waals surface area contributed by atoms with Gasteiger partial charge < -0.3 is 15.9 Å². The molecule has 15 heavy (non-hydrogen) atoms. The summed E-state index contributed by atoms with van der Waals surface area (Å²) < 4.78 is 0. The summed E-state index contributed by atoms with van der Waals surface area (Å²) in [6, 6.07) is 3.28. The van der Waals surface area contributed by atoms with E-state index in [1.807, 2.05) is 13.8 Å². The molecule has 0 fully saturated rings. The average Bonchev–Trinajstić information content (AvgIpc) is 2.16. The second kappa shape index (κ2) is 4.31. The summed E-state index contributed by atoms with van der Waals surface area (Å²) in [5, 5.41) is 18.0. The van der Waals surface area contributed by atoms with Crippen LogP contribution in [0.1, 0.15) is 41.3 Å². The SMILES string of the molecule is CC(C)c1cc(N)c(CO)c(C(=O)O)c1. The van der Waals surface area contributed by atoms with E-state index in [9.17, 15) is 4.79 Å². The van der Waals surface area contributed by atoms with Gasteiger partial charge in [-0.1, -0.05) is 13.8 Å². The van der Waals surface area contributed by atoms with Crippen LogP contribution in [0.4, 0.5) is 5.69 Å². The molecule has 0 aliphatic rings. The lowest BCUT2D eigenvalue weighted by atomic mass is 9.96. The van der Waals surface area contributed by atoms with Crippen LogP contribution in [0.2, 0.25) is 0 Å². The maximum absolute atomic E-state index is 10.9. The van der Waals surface area contributed by atoms with Gasteiger partial charge in [-0.3, -0.25) is 0 Å². The topological polar surface area (TPSA) is 83.5 Å². The molecule has 82 valence electrons. The fraction of sp³-hybridized carbons (Fsp3) is 0.364. The molecule has 4 N–H and O–H groups in total. The Bertz CT molecular complexity index is 386. The largest absolute Gasteiger partial charge is 0.478 e. The summed E-state index contributed by atoms with van der Waals surface area (Å²) in [6.45, 7) is 3.56. The van der Waals surface area contributed by atoms with Crippen LogP contribution >= 0.6 is 0 Å². The molecule has 0 bridgehead atoms. The number of carboxylic acid groups (broad SMARTS) is 1. The van der Waals surface area contributed by atoms with Crippen molar-refractivity contribution in [2.75, 3.05) is 5.73 Å². The zero-order valence-corrected chi connectivity index (χ0v) is 8.82. The van der Waals surface area contributed by atoms with Crippen molar-refractivity contribution in [2.24, 2.45) is 0 Å². The number of aliphatic hydroxyl groups excluding tert-OH is 1. The summed E-state index contributed by atoms with van der Waals surface area (Å²) in [5.41, 5.74) is 7.25. The van der Waals surface area contributed by atoms with Gasteiger partial charge in [-0.15, -0.1) is 0 Å². The van der Waals surface area contributed by atoms with Crippen molar-refractivity contribution >= 4 is 11.7 Å². The van der Waals surface area contributed by atoms with Crippen molar-refractivity contribution < 1.29 is 15.0 Å². The van der Waals surface area contributed by atoms with Crippen molar-refractivity contribution in [3.05, 3.63) is 28.8 Å². The number of nitrogens with two attached hydrogens (primary N) is 1. The Morgan fingerprint density at radius 2 is 2.07 bits per heavy atom. The van der Waals surface area contributed by atoms with Crippen molar-refractivity contribution in [3.8, 4) is 0 Å². The highest BCUT2D eigenvalue weighted by Gasteiger charge is 2.15. The summed E-state index contributed by atoms with van der Waals surface area (Å²) in [6.07, 6.45) is 0. The van der Waals surface area contributed by atoms with Crippen LogP contribution in [0, 0.1) is 0 Å². The van der Waals surface area contributed by atoms with E-state index in [2.05, 4.69) is 0 Å². The Hall–Kier alpha value is -1.55. The lowest BCUT2D eigenvalue weighted by Crippen LogP contribution is -2.08. The molecule has 0 aliphatic heterocycles. The standard InChI is InChI=1S/C11H15NO3/c1-6(2)7-3-8(11(14)15)9(5-13)10(12)4-7/h3-4,6,13H,5,12H2,1-2H3,(H,14,15). The second-order valence-electron chi connectivity index (χ2n) is 3.75. The molecule has 0 spiro atoms. The molecule has 1 rings (SSSR count). The highest BCUT2D eigenvalue weighted by molar-refractivity contribution is 5.91. The van der Waals surface area contributed by atoms with Crippen LogP contribution < -0.4 is 5.73 Å². The molecular formula is C11H15NO3. The third kappa shape index (κ3) is 2.27. The third-order valence-electron chi connectivity index (χ3n) is 2.36. The first-order chi connectivity index (χ1) is 6.97. The van der Waals surface area contributed by atoms with Crippen molar-refractivity contribution in [2.45, 2.75) is 26.4 Å². The van der Waals surface area contributed by atoms with E-state index in [0.717, 1.165) is 5.56 Å². The summed E-state index contributed by atoms with van der Waals surface area (Å²) in [4.78, 5) is 10.9. The van der Waals surface area contributed by atoms with Gasteiger partial charge in [-0.05, 0) is 23.6 Å². The van der Waals surface area contributed by atoms with Gasteiger partial charge in [0.05, 0.1) is 12.2 Å². The van der Waals surface area contributed by atoms with Crippen LogP contribution in [0.15, 0.2) is 12.1 Å². The number of anilines is 1. The minimum Gasteiger partial charge on any atom is -0.478 e. The lowest BCUT2D eigenvalue weighted by molar-refractivity contribution is 0.0693. The zero-order valence-electron chi connectivity index (χ0n) is 8.82. The smallest absolute Gasteiger partial charge is 0.336 e. The Labute approximate surface area is 88.3 Å². The van der Waals surface area contributed by atoms with E-state index < -0.39 is 5.97 Å². The Kier molecular flexibility index (Phi) is 3.31. The van der Waals surface area contributed by atoms with Gasteiger partial charge in [0.25, 0.3) is 0 Å². The van der Waals surface area contributed by atoms with E-state index in [1.54, 1.807) is 12.1 Å². The molecule has 0 amide bonds.